The van der Waals surface area contributed by atoms with Crippen molar-refractivity contribution in [3.63, 3.8) is 0 Å². The average Bonchev–Trinajstić information content (AvgIpc) is 3.22. The van der Waals surface area contributed by atoms with Gasteiger partial charge in [0.15, 0.2) is 0 Å². The van der Waals surface area contributed by atoms with Crippen molar-refractivity contribution >= 4 is 12.2 Å². The number of likely N-dealkylation sites (tertiary alicyclic amines) is 1. The topological polar surface area (TPSA) is 74.4 Å². The van der Waals surface area contributed by atoms with Gasteiger partial charge < -0.3 is 19.8 Å². The first kappa shape index (κ1) is 19.8. The van der Waals surface area contributed by atoms with Crippen LogP contribution in [0.4, 0.5) is 9.59 Å². The van der Waals surface area contributed by atoms with Crippen LogP contribution >= 0.6 is 0 Å². The van der Waals surface area contributed by atoms with Crippen LogP contribution in [0.5, 0.6) is 0 Å². The van der Waals surface area contributed by atoms with Gasteiger partial charge in [0, 0.05) is 31.2 Å². The summed E-state index contributed by atoms with van der Waals surface area (Å²) in [6.07, 6.45) is 7.12. The van der Waals surface area contributed by atoms with Crippen LogP contribution in [0.25, 0.3) is 0 Å². The minimum Gasteiger partial charge on any atom is -0.433 e. The maximum absolute atomic E-state index is 12.6. The van der Waals surface area contributed by atoms with Crippen LogP contribution in [0.2, 0.25) is 0 Å². The first-order valence-electron chi connectivity index (χ1n) is 10.9. The quantitative estimate of drug-likeness (QED) is 0.738. The molecule has 1 saturated carbocycles. The number of carbonyl (C=O) groups is 2. The maximum Gasteiger partial charge on any atom is 0.527 e. The number of nitrogens with one attached hydrogen (secondary N) is 1. The van der Waals surface area contributed by atoms with Crippen LogP contribution in [0.1, 0.15) is 58.8 Å². The molecule has 3 saturated heterocycles. The first-order chi connectivity index (χ1) is 13.5. The second-order valence-electron chi connectivity index (χ2n) is 8.92. The van der Waals surface area contributed by atoms with Crippen molar-refractivity contribution in [1.82, 2.24) is 20.2 Å². The minimum absolute atomic E-state index is 0.00188. The molecule has 8 heteroatoms. The highest BCUT2D eigenvalue weighted by Crippen LogP contribution is 2.35. The molecule has 0 bridgehead atoms. The summed E-state index contributed by atoms with van der Waals surface area (Å²) in [6, 6.07) is 1.26. The molecule has 0 aromatic rings. The molecule has 1 unspecified atom stereocenters. The van der Waals surface area contributed by atoms with E-state index in [0.717, 1.165) is 51.7 Å². The molecule has 8 nitrogen and oxygen atoms in total. The highest BCUT2D eigenvalue weighted by atomic mass is 16.8. The Morgan fingerprint density at radius 1 is 1.18 bits per heavy atom. The molecule has 28 heavy (non-hydrogen) atoms. The summed E-state index contributed by atoms with van der Waals surface area (Å²) in [5, 5.41) is 4.94. The van der Waals surface area contributed by atoms with Crippen LogP contribution in [-0.4, -0.2) is 83.5 Å². The second kappa shape index (κ2) is 8.06. The van der Waals surface area contributed by atoms with E-state index in [9.17, 15) is 9.59 Å². The van der Waals surface area contributed by atoms with E-state index in [1.165, 1.54) is 12.8 Å². The Hall–Kier alpha value is -1.54. The average molecular weight is 395 g/mol. The van der Waals surface area contributed by atoms with Crippen molar-refractivity contribution in [3.8, 4) is 0 Å². The Morgan fingerprint density at radius 3 is 2.68 bits per heavy atom. The van der Waals surface area contributed by atoms with E-state index in [0.29, 0.717) is 31.3 Å². The van der Waals surface area contributed by atoms with Gasteiger partial charge in [-0.2, -0.15) is 0 Å². The smallest absolute Gasteiger partial charge is 0.433 e. The Balaban J connectivity index is 1.30. The van der Waals surface area contributed by atoms with E-state index in [1.807, 2.05) is 0 Å². The lowest BCUT2D eigenvalue weighted by molar-refractivity contribution is -0.120. The van der Waals surface area contributed by atoms with E-state index in [4.69, 9.17) is 9.57 Å². The van der Waals surface area contributed by atoms with Crippen LogP contribution in [-0.2, 0) is 9.57 Å². The molecule has 0 radical (unpaired) electrons. The van der Waals surface area contributed by atoms with E-state index in [1.54, 1.807) is 12.0 Å². The lowest BCUT2D eigenvalue weighted by atomic mass is 9.88. The van der Waals surface area contributed by atoms with E-state index >= 15 is 0 Å². The number of hydroxylamine groups is 2. The standard InChI is InChI=1S/C20H34N4O4/c1-3-27-19(26)28-23-13-10-20(2,14-23)22-11-8-15(9-12-22)24-17-7-5-4-6-16(17)21-18(24)25/h15-17H,3-14H2,1-2H3,(H,21,25)/t16-,17-,20?/m1/s1. The van der Waals surface area contributed by atoms with Gasteiger partial charge in [-0.3, -0.25) is 4.90 Å². The van der Waals surface area contributed by atoms with Crippen LogP contribution in [0.3, 0.4) is 0 Å². The molecule has 4 fully saturated rings. The fourth-order valence-corrected chi connectivity index (χ4v) is 5.61. The summed E-state index contributed by atoms with van der Waals surface area (Å²) >= 11 is 0. The summed E-state index contributed by atoms with van der Waals surface area (Å²) in [4.78, 5) is 34.1. The van der Waals surface area contributed by atoms with Crippen molar-refractivity contribution in [2.45, 2.75) is 82.5 Å². The van der Waals surface area contributed by atoms with Crippen molar-refractivity contribution in [1.29, 1.82) is 0 Å². The summed E-state index contributed by atoms with van der Waals surface area (Å²) < 4.78 is 4.88. The monoisotopic (exact) mass is 394 g/mol. The van der Waals surface area contributed by atoms with E-state index in [2.05, 4.69) is 22.0 Å². The summed E-state index contributed by atoms with van der Waals surface area (Å²) in [7, 11) is 0. The van der Waals surface area contributed by atoms with Gasteiger partial charge in [-0.05, 0) is 46.0 Å². The van der Waals surface area contributed by atoms with Gasteiger partial charge in [0.1, 0.15) is 0 Å². The second-order valence-corrected chi connectivity index (χ2v) is 8.92. The number of hydrogen-bond acceptors (Lipinski definition) is 6. The van der Waals surface area contributed by atoms with Gasteiger partial charge in [-0.15, -0.1) is 5.06 Å². The SMILES string of the molecule is CCOC(=O)ON1CCC(C)(N2CCC(N3C(=O)N[C@@H]4CCCC[C@H]43)CC2)C1. The van der Waals surface area contributed by atoms with Crippen LogP contribution < -0.4 is 5.32 Å². The first-order valence-corrected chi connectivity index (χ1v) is 10.9. The molecule has 1 aliphatic carbocycles. The Morgan fingerprint density at radius 2 is 1.93 bits per heavy atom. The fraction of sp³-hybridized carbons (Fsp3) is 0.900. The van der Waals surface area contributed by atoms with Gasteiger partial charge >= 0.3 is 12.2 Å². The molecular weight excluding hydrogens is 360 g/mol. The van der Waals surface area contributed by atoms with Gasteiger partial charge in [-0.1, -0.05) is 12.8 Å². The largest absolute Gasteiger partial charge is 0.527 e. The Kier molecular flexibility index (Phi) is 5.69. The van der Waals surface area contributed by atoms with Gasteiger partial charge in [-0.25, -0.2) is 9.59 Å². The molecule has 1 N–H and O–H groups in total. The number of nitrogens with zero attached hydrogens (tertiary/aromatic N) is 3. The zero-order valence-corrected chi connectivity index (χ0v) is 17.2. The summed E-state index contributed by atoms with van der Waals surface area (Å²) in [6.45, 7) is 7.74. The van der Waals surface area contributed by atoms with E-state index in [-0.39, 0.29) is 11.6 Å². The molecule has 0 aromatic carbocycles. The molecule has 3 aliphatic heterocycles. The van der Waals surface area contributed by atoms with Gasteiger partial charge in [0.05, 0.1) is 25.2 Å². The lowest BCUT2D eigenvalue weighted by Crippen LogP contribution is -2.56. The van der Waals surface area contributed by atoms with Gasteiger partial charge in [0.2, 0.25) is 0 Å². The fourth-order valence-electron chi connectivity index (χ4n) is 5.61. The molecule has 4 rings (SSSR count). The Bertz CT molecular complexity index is 595. The molecular formula is C20H34N4O4. The van der Waals surface area contributed by atoms with E-state index < -0.39 is 6.16 Å². The maximum atomic E-state index is 12.6. The molecule has 4 aliphatic rings. The number of hydrogen-bond donors (Lipinski definition) is 1. The minimum atomic E-state index is -0.618. The number of ether oxygens (including phenoxy) is 1. The number of piperidine rings is 1. The number of amides is 2. The van der Waals surface area contributed by atoms with Crippen molar-refractivity contribution in [2.24, 2.45) is 0 Å². The number of rotatable bonds is 4. The van der Waals surface area contributed by atoms with Crippen molar-refractivity contribution < 1.29 is 19.2 Å². The molecule has 3 atom stereocenters. The molecule has 0 spiro atoms. The molecule has 3 heterocycles. The lowest BCUT2D eigenvalue weighted by Gasteiger charge is -2.45. The zero-order chi connectivity index (χ0) is 19.7. The normalized spacial score (nSPS) is 34.9. The molecule has 0 aromatic heterocycles. The zero-order valence-electron chi connectivity index (χ0n) is 17.2. The number of urea groups is 1. The number of fused-ring (bicyclic) bond motifs is 1. The predicted molar refractivity (Wildman–Crippen MR) is 104 cm³/mol. The third-order valence-corrected chi connectivity index (χ3v) is 7.13. The van der Waals surface area contributed by atoms with Crippen LogP contribution in [0.15, 0.2) is 0 Å². The highest BCUT2D eigenvalue weighted by Gasteiger charge is 2.47. The number of carbonyl (C=O) groups excluding carboxylic acids is 2. The molecule has 158 valence electrons. The highest BCUT2D eigenvalue weighted by molar-refractivity contribution is 5.78. The van der Waals surface area contributed by atoms with Crippen LogP contribution in [0, 0.1) is 0 Å². The summed E-state index contributed by atoms with van der Waals surface area (Å²) in [5.41, 5.74) is -0.00188. The molecule has 2 amide bonds. The third-order valence-electron chi connectivity index (χ3n) is 7.13. The summed E-state index contributed by atoms with van der Waals surface area (Å²) in [5.74, 6) is 0. The Labute approximate surface area is 167 Å². The predicted octanol–water partition coefficient (Wildman–Crippen LogP) is 2.34. The third kappa shape index (κ3) is 3.81. The van der Waals surface area contributed by atoms with Crippen molar-refractivity contribution in [2.75, 3.05) is 32.8 Å². The van der Waals surface area contributed by atoms with Crippen molar-refractivity contribution in [3.05, 3.63) is 0 Å². The van der Waals surface area contributed by atoms with Gasteiger partial charge in [0.25, 0.3) is 0 Å².